The quantitative estimate of drug-likeness (QED) is 0.773. The van der Waals surface area contributed by atoms with Gasteiger partial charge in [0.1, 0.15) is 0 Å². The second-order valence-electron chi connectivity index (χ2n) is 3.77. The first-order valence-corrected chi connectivity index (χ1v) is 6.70. The molecule has 0 saturated heterocycles. The molecule has 0 saturated carbocycles. The van der Waals surface area contributed by atoms with Gasteiger partial charge in [0, 0.05) is 22.6 Å². The van der Waals surface area contributed by atoms with Crippen molar-refractivity contribution >= 4 is 51.2 Å². The lowest BCUT2D eigenvalue weighted by atomic mass is 10.3. The van der Waals surface area contributed by atoms with Gasteiger partial charge < -0.3 is 5.32 Å². The number of hydrogen-bond acceptors (Lipinski definition) is 4. The Labute approximate surface area is 117 Å². The van der Waals surface area contributed by atoms with Crippen LogP contribution in [0.1, 0.15) is 5.69 Å². The third kappa shape index (κ3) is 2.16. The number of fused-ring (bicyclic) bond motifs is 1. The van der Waals surface area contributed by atoms with Gasteiger partial charge in [-0.05, 0) is 25.1 Å². The van der Waals surface area contributed by atoms with Crippen LogP contribution in [-0.4, -0.2) is 14.0 Å². The summed E-state index contributed by atoms with van der Waals surface area (Å²) < 4.78 is 1.76. The van der Waals surface area contributed by atoms with Crippen LogP contribution in [0.3, 0.4) is 0 Å². The first kappa shape index (κ1) is 11.8. The predicted octanol–water partition coefficient (Wildman–Crippen LogP) is 4.15. The number of nitrogens with zero attached hydrogens (tertiary/aromatic N) is 3. The van der Waals surface area contributed by atoms with E-state index in [1.54, 1.807) is 22.1 Å². The molecule has 2 aromatic heterocycles. The molecule has 18 heavy (non-hydrogen) atoms. The predicted molar refractivity (Wildman–Crippen MR) is 75.3 cm³/mol. The highest BCUT2D eigenvalue weighted by Gasteiger charge is 2.08. The normalized spacial score (nSPS) is 11.1. The monoisotopic (exact) mass is 298 g/mol. The smallest absolute Gasteiger partial charge is 0.207 e. The minimum atomic E-state index is 0.600. The highest BCUT2D eigenvalue weighted by atomic mass is 35.5. The molecular formula is C11H8Cl2N4S. The van der Waals surface area contributed by atoms with Crippen molar-refractivity contribution in [1.82, 2.24) is 14.0 Å². The van der Waals surface area contributed by atoms with Crippen molar-refractivity contribution in [3.05, 3.63) is 40.0 Å². The van der Waals surface area contributed by atoms with Gasteiger partial charge in [-0.25, -0.2) is 0 Å². The van der Waals surface area contributed by atoms with Crippen LogP contribution in [0.2, 0.25) is 10.0 Å². The fraction of sp³-hybridized carbons (Fsp3) is 0.0909. The number of aromatic nitrogens is 3. The lowest BCUT2D eigenvalue weighted by Crippen LogP contribution is -1.90. The van der Waals surface area contributed by atoms with Gasteiger partial charge in [0.25, 0.3) is 0 Å². The molecule has 2 heterocycles. The third-order valence-corrected chi connectivity index (χ3v) is 3.71. The molecule has 0 aliphatic rings. The van der Waals surface area contributed by atoms with Crippen molar-refractivity contribution < 1.29 is 0 Å². The molecule has 0 fully saturated rings. The van der Waals surface area contributed by atoms with E-state index in [0.717, 1.165) is 22.2 Å². The van der Waals surface area contributed by atoms with Crippen LogP contribution in [0.5, 0.6) is 0 Å². The van der Waals surface area contributed by atoms with Crippen LogP contribution >= 0.6 is 34.7 Å². The van der Waals surface area contributed by atoms with Gasteiger partial charge in [-0.3, -0.25) is 0 Å². The Morgan fingerprint density at radius 3 is 2.89 bits per heavy atom. The zero-order valence-electron chi connectivity index (χ0n) is 9.32. The zero-order valence-corrected chi connectivity index (χ0v) is 11.6. The van der Waals surface area contributed by atoms with Crippen LogP contribution in [-0.2, 0) is 0 Å². The van der Waals surface area contributed by atoms with Gasteiger partial charge >= 0.3 is 0 Å². The summed E-state index contributed by atoms with van der Waals surface area (Å²) in [6.07, 6.45) is 0. The molecule has 0 aliphatic carbocycles. The first-order valence-electron chi connectivity index (χ1n) is 5.17. The van der Waals surface area contributed by atoms with Crippen LogP contribution in [0, 0.1) is 6.92 Å². The van der Waals surface area contributed by atoms with Gasteiger partial charge in [-0.1, -0.05) is 23.2 Å². The molecule has 0 radical (unpaired) electrons. The lowest BCUT2D eigenvalue weighted by Gasteiger charge is -2.04. The van der Waals surface area contributed by atoms with Crippen LogP contribution in [0.4, 0.5) is 10.8 Å². The summed E-state index contributed by atoms with van der Waals surface area (Å²) in [7, 11) is 0. The van der Waals surface area contributed by atoms with E-state index in [1.807, 2.05) is 13.0 Å². The van der Waals surface area contributed by atoms with E-state index in [9.17, 15) is 0 Å². The molecule has 1 aromatic carbocycles. The SMILES string of the molecule is Cc1cc2nc(Nc3cc(Cl)ccc3Cl)sn2n1. The number of rotatable bonds is 2. The van der Waals surface area contributed by atoms with E-state index in [0.29, 0.717) is 10.0 Å². The molecule has 3 rings (SSSR count). The number of anilines is 2. The van der Waals surface area contributed by atoms with E-state index >= 15 is 0 Å². The summed E-state index contributed by atoms with van der Waals surface area (Å²) in [5.41, 5.74) is 2.50. The summed E-state index contributed by atoms with van der Waals surface area (Å²) in [5, 5.41) is 9.38. The second-order valence-corrected chi connectivity index (χ2v) is 5.53. The van der Waals surface area contributed by atoms with Crippen molar-refractivity contribution in [2.45, 2.75) is 6.92 Å². The standard InChI is InChI=1S/C11H8Cl2N4S/c1-6-4-10-15-11(18-17(10)16-6)14-9-5-7(12)2-3-8(9)13/h2-5H,1H3,(H,14,15). The molecule has 0 spiro atoms. The Balaban J connectivity index is 1.95. The minimum absolute atomic E-state index is 0.600. The van der Waals surface area contributed by atoms with Gasteiger partial charge in [0.05, 0.1) is 16.4 Å². The maximum Gasteiger partial charge on any atom is 0.207 e. The van der Waals surface area contributed by atoms with E-state index < -0.39 is 0 Å². The highest BCUT2D eigenvalue weighted by molar-refractivity contribution is 7.10. The summed E-state index contributed by atoms with van der Waals surface area (Å²) in [6, 6.07) is 7.17. The van der Waals surface area contributed by atoms with Gasteiger partial charge in [-0.2, -0.15) is 14.0 Å². The van der Waals surface area contributed by atoms with E-state index in [4.69, 9.17) is 23.2 Å². The maximum absolute atomic E-state index is 6.08. The van der Waals surface area contributed by atoms with E-state index in [-0.39, 0.29) is 0 Å². The van der Waals surface area contributed by atoms with Crippen molar-refractivity contribution in [3.8, 4) is 0 Å². The molecule has 7 heteroatoms. The van der Waals surface area contributed by atoms with Gasteiger partial charge in [0.2, 0.25) is 5.13 Å². The van der Waals surface area contributed by atoms with E-state index in [2.05, 4.69) is 15.4 Å². The molecule has 3 aromatic rings. The van der Waals surface area contributed by atoms with E-state index in [1.165, 1.54) is 11.5 Å². The maximum atomic E-state index is 6.08. The molecule has 0 bridgehead atoms. The minimum Gasteiger partial charge on any atom is -0.329 e. The summed E-state index contributed by atoms with van der Waals surface area (Å²) in [4.78, 5) is 4.41. The summed E-state index contributed by atoms with van der Waals surface area (Å²) in [5.74, 6) is 0. The molecule has 0 atom stereocenters. The number of halogens is 2. The first-order chi connectivity index (χ1) is 8.61. The highest BCUT2D eigenvalue weighted by Crippen LogP contribution is 2.29. The Bertz CT molecular complexity index is 687. The molecule has 0 amide bonds. The molecule has 0 aliphatic heterocycles. The fourth-order valence-corrected chi connectivity index (χ4v) is 2.72. The van der Waals surface area contributed by atoms with Crippen molar-refractivity contribution in [2.24, 2.45) is 0 Å². The largest absolute Gasteiger partial charge is 0.329 e. The fourth-order valence-electron chi connectivity index (χ4n) is 1.57. The molecular weight excluding hydrogens is 291 g/mol. The van der Waals surface area contributed by atoms with Gasteiger partial charge in [-0.15, -0.1) is 0 Å². The van der Waals surface area contributed by atoms with Crippen LogP contribution in [0.25, 0.3) is 5.65 Å². The number of aryl methyl sites for hydroxylation is 1. The Kier molecular flexibility index (Phi) is 2.89. The Morgan fingerprint density at radius 1 is 1.28 bits per heavy atom. The molecule has 0 unspecified atom stereocenters. The number of nitrogens with one attached hydrogen (secondary N) is 1. The zero-order chi connectivity index (χ0) is 12.7. The summed E-state index contributed by atoms with van der Waals surface area (Å²) >= 11 is 13.4. The van der Waals surface area contributed by atoms with Gasteiger partial charge in [0.15, 0.2) is 5.65 Å². The lowest BCUT2D eigenvalue weighted by molar-refractivity contribution is 1.02. The molecule has 92 valence electrons. The van der Waals surface area contributed by atoms with Crippen LogP contribution in [0.15, 0.2) is 24.3 Å². The van der Waals surface area contributed by atoms with Crippen molar-refractivity contribution in [1.29, 1.82) is 0 Å². The average molecular weight is 299 g/mol. The third-order valence-electron chi connectivity index (χ3n) is 2.34. The van der Waals surface area contributed by atoms with Crippen molar-refractivity contribution in [3.63, 3.8) is 0 Å². The molecule has 1 N–H and O–H groups in total. The second kappa shape index (κ2) is 4.42. The average Bonchev–Trinajstić information content (AvgIpc) is 2.80. The number of benzene rings is 1. The Hall–Kier alpha value is -1.30. The van der Waals surface area contributed by atoms with Crippen LogP contribution < -0.4 is 5.32 Å². The molecule has 4 nitrogen and oxygen atoms in total. The topological polar surface area (TPSA) is 42.2 Å². The number of hydrogen-bond donors (Lipinski definition) is 1. The summed E-state index contributed by atoms with van der Waals surface area (Å²) in [6.45, 7) is 1.93. The Morgan fingerprint density at radius 2 is 2.11 bits per heavy atom. The van der Waals surface area contributed by atoms with Crippen molar-refractivity contribution in [2.75, 3.05) is 5.32 Å².